The lowest BCUT2D eigenvalue weighted by molar-refractivity contribution is -0.384. The molecule has 0 aliphatic heterocycles. The van der Waals surface area contributed by atoms with Gasteiger partial charge in [0.15, 0.2) is 0 Å². The van der Waals surface area contributed by atoms with Gasteiger partial charge in [0.05, 0.1) is 24.7 Å². The highest BCUT2D eigenvalue weighted by Gasteiger charge is 2.14. The van der Waals surface area contributed by atoms with Crippen molar-refractivity contribution in [2.75, 3.05) is 19.2 Å². The Morgan fingerprint density at radius 3 is 2.80 bits per heavy atom. The molecule has 6 heteroatoms. The molecule has 0 aliphatic carbocycles. The largest absolute Gasteiger partial charge is 0.496 e. The van der Waals surface area contributed by atoms with E-state index in [1.54, 1.807) is 13.0 Å². The smallest absolute Gasteiger partial charge is 0.298 e. The number of anilines is 1. The van der Waals surface area contributed by atoms with E-state index in [2.05, 4.69) is 5.48 Å². The second-order valence-corrected chi connectivity index (χ2v) is 2.68. The third-order valence-electron chi connectivity index (χ3n) is 1.73. The van der Waals surface area contributed by atoms with Crippen LogP contribution in [0.4, 0.5) is 11.4 Å². The van der Waals surface area contributed by atoms with Gasteiger partial charge in [0.2, 0.25) is 0 Å². The number of nitrogens with zero attached hydrogens (tertiary/aromatic N) is 1. The molecule has 0 fully saturated rings. The maximum Gasteiger partial charge on any atom is 0.298 e. The Kier molecular flexibility index (Phi) is 3.87. The van der Waals surface area contributed by atoms with Crippen LogP contribution in [0.5, 0.6) is 5.75 Å². The monoisotopic (exact) mass is 212 g/mol. The predicted molar refractivity (Wildman–Crippen MR) is 54.9 cm³/mol. The number of nitrogens with one attached hydrogen (secondary N) is 1. The van der Waals surface area contributed by atoms with E-state index in [0.29, 0.717) is 18.0 Å². The molecule has 0 unspecified atom stereocenters. The van der Waals surface area contributed by atoms with Crippen LogP contribution in [0.2, 0.25) is 0 Å². The van der Waals surface area contributed by atoms with Crippen LogP contribution in [0, 0.1) is 10.1 Å². The summed E-state index contributed by atoms with van der Waals surface area (Å²) in [5.74, 6) is 0.434. The second-order valence-electron chi connectivity index (χ2n) is 2.68. The van der Waals surface area contributed by atoms with Crippen LogP contribution in [0.25, 0.3) is 0 Å². The highest BCUT2D eigenvalue weighted by atomic mass is 16.6. The zero-order chi connectivity index (χ0) is 11.3. The van der Waals surface area contributed by atoms with Gasteiger partial charge in [0, 0.05) is 0 Å². The van der Waals surface area contributed by atoms with Crippen molar-refractivity contribution in [1.82, 2.24) is 0 Å². The molecule has 1 N–H and O–H groups in total. The lowest BCUT2D eigenvalue weighted by Crippen LogP contribution is -2.03. The zero-order valence-corrected chi connectivity index (χ0v) is 8.52. The molecule has 0 spiro atoms. The topological polar surface area (TPSA) is 73.6 Å². The van der Waals surface area contributed by atoms with Gasteiger partial charge in [-0.2, -0.15) is 0 Å². The maximum absolute atomic E-state index is 10.7. The molecule has 0 radical (unpaired) electrons. The van der Waals surface area contributed by atoms with Crippen molar-refractivity contribution < 1.29 is 14.5 Å². The van der Waals surface area contributed by atoms with Gasteiger partial charge >= 0.3 is 0 Å². The number of nitro benzene ring substituents is 1. The molecular weight excluding hydrogens is 200 g/mol. The fraction of sp³-hybridized carbons (Fsp3) is 0.333. The van der Waals surface area contributed by atoms with Crippen molar-refractivity contribution in [1.29, 1.82) is 0 Å². The first-order valence-electron chi connectivity index (χ1n) is 4.39. The van der Waals surface area contributed by atoms with E-state index in [1.165, 1.54) is 19.2 Å². The third-order valence-corrected chi connectivity index (χ3v) is 1.73. The van der Waals surface area contributed by atoms with Crippen LogP contribution in [-0.4, -0.2) is 18.6 Å². The molecule has 0 bridgehead atoms. The first kappa shape index (κ1) is 11.3. The van der Waals surface area contributed by atoms with Crippen molar-refractivity contribution in [2.45, 2.75) is 6.92 Å². The van der Waals surface area contributed by atoms with Crippen molar-refractivity contribution in [2.24, 2.45) is 0 Å². The van der Waals surface area contributed by atoms with Gasteiger partial charge in [-0.15, -0.1) is 0 Å². The standard InChI is InChI=1S/C9H12N2O4/c1-3-15-10-8-5-4-7(14-2)6-9(8)11(12)13/h4-6,10H,3H2,1-2H3. The van der Waals surface area contributed by atoms with Crippen LogP contribution in [0.3, 0.4) is 0 Å². The SMILES string of the molecule is CCONc1ccc(OC)cc1[N+](=O)[O-]. The number of hydrogen-bond acceptors (Lipinski definition) is 5. The minimum atomic E-state index is -0.496. The summed E-state index contributed by atoms with van der Waals surface area (Å²) in [7, 11) is 1.45. The van der Waals surface area contributed by atoms with Gasteiger partial charge in [-0.25, -0.2) is 0 Å². The molecule has 0 atom stereocenters. The highest BCUT2D eigenvalue weighted by Crippen LogP contribution is 2.28. The molecule has 1 rings (SSSR count). The Bertz CT molecular complexity index is 354. The van der Waals surface area contributed by atoms with Crippen molar-refractivity contribution in [3.8, 4) is 5.75 Å². The van der Waals surface area contributed by atoms with Gasteiger partial charge in [0.25, 0.3) is 5.69 Å². The van der Waals surface area contributed by atoms with E-state index in [1.807, 2.05) is 0 Å². The Hall–Kier alpha value is -1.82. The molecule has 15 heavy (non-hydrogen) atoms. The summed E-state index contributed by atoms with van der Waals surface area (Å²) in [6, 6.07) is 4.49. The maximum atomic E-state index is 10.7. The van der Waals surface area contributed by atoms with E-state index in [-0.39, 0.29) is 5.69 Å². The Labute approximate surface area is 86.9 Å². The molecule has 0 amide bonds. The minimum Gasteiger partial charge on any atom is -0.496 e. The Morgan fingerprint density at radius 1 is 1.53 bits per heavy atom. The number of hydrogen-bond donors (Lipinski definition) is 1. The quantitative estimate of drug-likeness (QED) is 0.596. The third kappa shape index (κ3) is 2.81. The number of methoxy groups -OCH3 is 1. The average Bonchev–Trinajstić information content (AvgIpc) is 2.26. The first-order chi connectivity index (χ1) is 7.19. The minimum absolute atomic E-state index is 0.0807. The van der Waals surface area contributed by atoms with Crippen LogP contribution < -0.4 is 10.2 Å². The van der Waals surface area contributed by atoms with Crippen molar-refractivity contribution >= 4 is 11.4 Å². The highest BCUT2D eigenvalue weighted by molar-refractivity contribution is 5.62. The summed E-state index contributed by atoms with van der Waals surface area (Å²) in [4.78, 5) is 15.1. The first-order valence-corrected chi connectivity index (χ1v) is 4.39. The molecule has 0 saturated carbocycles. The predicted octanol–water partition coefficient (Wildman–Crippen LogP) is 1.97. The molecular formula is C9H12N2O4. The van der Waals surface area contributed by atoms with E-state index >= 15 is 0 Å². The van der Waals surface area contributed by atoms with Crippen LogP contribution in [0.1, 0.15) is 6.92 Å². The lowest BCUT2D eigenvalue weighted by Gasteiger charge is -2.06. The van der Waals surface area contributed by atoms with Gasteiger partial charge < -0.3 is 4.74 Å². The lowest BCUT2D eigenvalue weighted by atomic mass is 10.2. The molecule has 6 nitrogen and oxygen atoms in total. The van der Waals surface area contributed by atoms with Crippen LogP contribution in [-0.2, 0) is 4.84 Å². The molecule has 0 saturated heterocycles. The molecule has 1 aromatic carbocycles. The Balaban J connectivity index is 2.98. The zero-order valence-electron chi connectivity index (χ0n) is 8.52. The number of benzene rings is 1. The Morgan fingerprint density at radius 2 is 2.27 bits per heavy atom. The summed E-state index contributed by atoms with van der Waals surface area (Å²) < 4.78 is 4.89. The van der Waals surface area contributed by atoms with E-state index in [0.717, 1.165) is 0 Å². The molecule has 0 aromatic heterocycles. The van der Waals surface area contributed by atoms with Gasteiger partial charge in [-0.05, 0) is 19.1 Å². The fourth-order valence-electron chi connectivity index (χ4n) is 1.03. The number of ether oxygens (including phenoxy) is 1. The van der Waals surface area contributed by atoms with Crippen LogP contribution in [0.15, 0.2) is 18.2 Å². The second kappa shape index (κ2) is 5.16. The summed E-state index contributed by atoms with van der Waals surface area (Å²) in [5.41, 5.74) is 2.73. The molecule has 0 heterocycles. The van der Waals surface area contributed by atoms with E-state index < -0.39 is 4.92 Å². The van der Waals surface area contributed by atoms with Crippen LogP contribution >= 0.6 is 0 Å². The fourth-order valence-corrected chi connectivity index (χ4v) is 1.03. The molecule has 1 aromatic rings. The van der Waals surface area contributed by atoms with Gasteiger partial charge in [0.1, 0.15) is 11.4 Å². The summed E-state index contributed by atoms with van der Waals surface area (Å²) in [6.07, 6.45) is 0. The van der Waals surface area contributed by atoms with Crippen molar-refractivity contribution in [3.05, 3.63) is 28.3 Å². The summed E-state index contributed by atoms with van der Waals surface area (Å²) in [5, 5.41) is 10.7. The number of nitro groups is 1. The summed E-state index contributed by atoms with van der Waals surface area (Å²) in [6.45, 7) is 2.20. The van der Waals surface area contributed by atoms with Gasteiger partial charge in [-0.3, -0.25) is 20.4 Å². The van der Waals surface area contributed by atoms with Gasteiger partial charge in [-0.1, -0.05) is 0 Å². The summed E-state index contributed by atoms with van der Waals surface area (Å²) >= 11 is 0. The molecule has 0 aliphatic rings. The number of rotatable bonds is 5. The van der Waals surface area contributed by atoms with E-state index in [9.17, 15) is 10.1 Å². The van der Waals surface area contributed by atoms with E-state index in [4.69, 9.17) is 9.57 Å². The normalized spacial score (nSPS) is 9.73. The average molecular weight is 212 g/mol. The molecule has 82 valence electrons. The van der Waals surface area contributed by atoms with Crippen molar-refractivity contribution in [3.63, 3.8) is 0 Å².